The lowest BCUT2D eigenvalue weighted by atomic mass is 10.0. The summed E-state index contributed by atoms with van der Waals surface area (Å²) in [6.45, 7) is 1.54. The second-order valence-electron chi connectivity index (χ2n) is 4.44. The van der Waals surface area contributed by atoms with Crippen molar-refractivity contribution in [3.8, 4) is 0 Å². The molecule has 0 spiro atoms. The van der Waals surface area contributed by atoms with Crippen LogP contribution in [-0.2, 0) is 4.79 Å². The molecular formula is C18H16OS. The van der Waals surface area contributed by atoms with Crippen molar-refractivity contribution in [2.75, 3.05) is 0 Å². The van der Waals surface area contributed by atoms with Crippen LogP contribution in [-0.4, -0.2) is 5.78 Å². The Morgan fingerprint density at radius 3 is 1.85 bits per heavy atom. The lowest BCUT2D eigenvalue weighted by Crippen LogP contribution is -1.88. The molecule has 0 N–H and O–H groups in total. The van der Waals surface area contributed by atoms with Gasteiger partial charge >= 0.3 is 0 Å². The number of hydrogen-bond donors (Lipinski definition) is 1. The van der Waals surface area contributed by atoms with Crippen molar-refractivity contribution in [2.24, 2.45) is 0 Å². The predicted molar refractivity (Wildman–Crippen MR) is 88.5 cm³/mol. The summed E-state index contributed by atoms with van der Waals surface area (Å²) in [7, 11) is 0. The van der Waals surface area contributed by atoms with E-state index in [4.69, 9.17) is 0 Å². The molecule has 0 saturated heterocycles. The summed E-state index contributed by atoms with van der Waals surface area (Å²) in [6, 6.07) is 19.9. The summed E-state index contributed by atoms with van der Waals surface area (Å²) in [6.07, 6.45) is 3.40. The zero-order chi connectivity index (χ0) is 14.4. The Kier molecular flexibility index (Phi) is 4.97. The van der Waals surface area contributed by atoms with Crippen LogP contribution in [0, 0.1) is 0 Å². The van der Waals surface area contributed by atoms with E-state index in [2.05, 4.69) is 12.6 Å². The average molecular weight is 280 g/mol. The van der Waals surface area contributed by atoms with Crippen molar-refractivity contribution in [1.82, 2.24) is 0 Å². The van der Waals surface area contributed by atoms with Gasteiger partial charge in [-0.15, -0.1) is 12.6 Å². The van der Waals surface area contributed by atoms with Crippen LogP contribution in [0.25, 0.3) is 10.5 Å². The van der Waals surface area contributed by atoms with Gasteiger partial charge in [0.05, 0.1) is 0 Å². The second-order valence-corrected chi connectivity index (χ2v) is 4.89. The molecule has 0 aliphatic rings. The smallest absolute Gasteiger partial charge is 0.152 e. The molecule has 0 fully saturated rings. The van der Waals surface area contributed by atoms with Crippen molar-refractivity contribution in [3.63, 3.8) is 0 Å². The Morgan fingerprint density at radius 2 is 1.35 bits per heavy atom. The van der Waals surface area contributed by atoms with Crippen molar-refractivity contribution < 1.29 is 4.79 Å². The molecule has 0 heterocycles. The van der Waals surface area contributed by atoms with E-state index in [0.717, 1.165) is 21.6 Å². The molecule has 0 radical (unpaired) electrons. The molecule has 0 aliphatic heterocycles. The van der Waals surface area contributed by atoms with E-state index in [0.29, 0.717) is 0 Å². The van der Waals surface area contributed by atoms with Gasteiger partial charge in [-0.25, -0.2) is 0 Å². The summed E-state index contributed by atoms with van der Waals surface area (Å²) in [5, 5.41) is 0. The molecular weight excluding hydrogens is 264 g/mol. The minimum absolute atomic E-state index is 0.0210. The van der Waals surface area contributed by atoms with Gasteiger partial charge in [0.15, 0.2) is 5.78 Å². The maximum Gasteiger partial charge on any atom is 0.152 e. The highest BCUT2D eigenvalue weighted by Crippen LogP contribution is 2.30. The van der Waals surface area contributed by atoms with Crippen LogP contribution in [0.2, 0.25) is 0 Å². The van der Waals surface area contributed by atoms with Crippen LogP contribution in [0.5, 0.6) is 0 Å². The second kappa shape index (κ2) is 6.92. The monoisotopic (exact) mass is 280 g/mol. The molecule has 2 heteroatoms. The van der Waals surface area contributed by atoms with E-state index in [1.54, 1.807) is 13.0 Å². The zero-order valence-corrected chi connectivity index (χ0v) is 12.2. The number of carbonyl (C=O) groups is 1. The molecule has 0 aliphatic carbocycles. The number of carbonyl (C=O) groups excluding carboxylic acids is 1. The molecule has 0 saturated carbocycles. The number of allylic oxidation sites excluding steroid dienone is 3. The van der Waals surface area contributed by atoms with Gasteiger partial charge in [-0.1, -0.05) is 60.7 Å². The highest BCUT2D eigenvalue weighted by Gasteiger charge is 2.05. The Hall–Kier alpha value is -2.06. The maximum atomic E-state index is 11.2. The molecule has 0 unspecified atom stereocenters. The molecule has 0 aromatic heterocycles. The van der Waals surface area contributed by atoms with E-state index < -0.39 is 0 Å². The number of thiol groups is 1. The predicted octanol–water partition coefficient (Wildman–Crippen LogP) is 4.63. The summed E-state index contributed by atoms with van der Waals surface area (Å²) in [4.78, 5) is 12.1. The largest absolute Gasteiger partial charge is 0.295 e. The van der Waals surface area contributed by atoms with Gasteiger partial charge in [0.25, 0.3) is 0 Å². The third kappa shape index (κ3) is 3.72. The van der Waals surface area contributed by atoms with Crippen molar-refractivity contribution in [3.05, 3.63) is 83.9 Å². The van der Waals surface area contributed by atoms with Crippen molar-refractivity contribution >= 4 is 28.9 Å². The van der Waals surface area contributed by atoms with E-state index in [-0.39, 0.29) is 5.78 Å². The van der Waals surface area contributed by atoms with Crippen LogP contribution in [0.1, 0.15) is 18.1 Å². The van der Waals surface area contributed by atoms with Crippen molar-refractivity contribution in [2.45, 2.75) is 6.92 Å². The van der Waals surface area contributed by atoms with Gasteiger partial charge in [0.2, 0.25) is 0 Å². The fourth-order valence-electron chi connectivity index (χ4n) is 1.88. The Balaban J connectivity index is 2.54. The molecule has 0 bridgehead atoms. The average Bonchev–Trinajstić information content (AvgIpc) is 2.49. The Morgan fingerprint density at radius 1 is 0.850 bits per heavy atom. The van der Waals surface area contributed by atoms with E-state index >= 15 is 0 Å². The molecule has 2 rings (SSSR count). The van der Waals surface area contributed by atoms with E-state index in [1.807, 2.05) is 66.7 Å². The molecule has 0 amide bonds. The highest BCUT2D eigenvalue weighted by atomic mass is 32.1. The number of hydrogen-bond acceptors (Lipinski definition) is 2. The fraction of sp³-hybridized carbons (Fsp3) is 0.0556. The van der Waals surface area contributed by atoms with Crippen LogP contribution < -0.4 is 0 Å². The summed E-state index contributed by atoms with van der Waals surface area (Å²) >= 11 is 4.65. The van der Waals surface area contributed by atoms with Crippen LogP contribution in [0.15, 0.2) is 72.8 Å². The molecule has 20 heavy (non-hydrogen) atoms. The maximum absolute atomic E-state index is 11.2. The third-order valence-electron chi connectivity index (χ3n) is 2.87. The van der Waals surface area contributed by atoms with Gasteiger partial charge in [0.1, 0.15) is 0 Å². The fourth-order valence-corrected chi connectivity index (χ4v) is 2.23. The number of benzene rings is 2. The molecule has 1 nitrogen and oxygen atoms in total. The lowest BCUT2D eigenvalue weighted by Gasteiger charge is -2.08. The van der Waals surface area contributed by atoms with Crippen molar-refractivity contribution in [1.29, 1.82) is 0 Å². The first-order valence-electron chi connectivity index (χ1n) is 6.41. The Labute approximate surface area is 125 Å². The van der Waals surface area contributed by atoms with Gasteiger partial charge < -0.3 is 0 Å². The topological polar surface area (TPSA) is 17.1 Å². The number of rotatable bonds is 4. The molecule has 2 aromatic carbocycles. The van der Waals surface area contributed by atoms with Crippen LogP contribution >= 0.6 is 12.6 Å². The Bertz CT molecular complexity index is 640. The SMILES string of the molecule is CC(=O)/C=C/C(=C(\S)c1ccccc1)c1ccccc1. The van der Waals surface area contributed by atoms with Gasteiger partial charge in [-0.3, -0.25) is 4.79 Å². The van der Waals surface area contributed by atoms with E-state index in [9.17, 15) is 4.79 Å². The summed E-state index contributed by atoms with van der Waals surface area (Å²) in [5.41, 5.74) is 3.01. The first-order valence-corrected chi connectivity index (χ1v) is 6.86. The normalized spacial score (nSPS) is 12.3. The highest BCUT2D eigenvalue weighted by molar-refractivity contribution is 7.90. The first-order chi connectivity index (χ1) is 9.68. The first kappa shape index (κ1) is 14.4. The minimum Gasteiger partial charge on any atom is -0.295 e. The van der Waals surface area contributed by atoms with Crippen LogP contribution in [0.4, 0.5) is 0 Å². The standard InChI is InChI=1S/C18H16OS/c1-14(19)12-13-17(15-8-4-2-5-9-15)18(20)16-10-6-3-7-11-16/h2-13,20H,1H3/b13-12+,18-17+. The van der Waals surface area contributed by atoms with E-state index in [1.165, 1.54) is 0 Å². The van der Waals surface area contributed by atoms with Gasteiger partial charge in [-0.2, -0.15) is 0 Å². The molecule has 0 atom stereocenters. The van der Waals surface area contributed by atoms with Gasteiger partial charge in [-0.05, 0) is 35.8 Å². The lowest BCUT2D eigenvalue weighted by molar-refractivity contribution is -0.112. The van der Waals surface area contributed by atoms with Crippen LogP contribution in [0.3, 0.4) is 0 Å². The zero-order valence-electron chi connectivity index (χ0n) is 11.3. The molecule has 2 aromatic rings. The molecule has 100 valence electrons. The quantitative estimate of drug-likeness (QED) is 0.374. The summed E-state index contributed by atoms with van der Waals surface area (Å²) in [5.74, 6) is 0.0210. The third-order valence-corrected chi connectivity index (χ3v) is 3.37. The number of ketones is 1. The minimum atomic E-state index is 0.0210. The van der Waals surface area contributed by atoms with Gasteiger partial charge in [0, 0.05) is 4.91 Å². The summed E-state index contributed by atoms with van der Waals surface area (Å²) < 4.78 is 0.